The second-order valence-electron chi connectivity index (χ2n) is 8.85. The van der Waals surface area contributed by atoms with Gasteiger partial charge in [-0.2, -0.15) is 5.10 Å². The number of amides is 2. The van der Waals surface area contributed by atoms with E-state index in [4.69, 9.17) is 4.74 Å². The average molecular weight is 405 g/mol. The van der Waals surface area contributed by atoms with Crippen LogP contribution in [-0.4, -0.2) is 81.6 Å². The summed E-state index contributed by atoms with van der Waals surface area (Å²) in [4.78, 5) is 29.2. The molecular formula is C21H32N4O4. The molecule has 0 aromatic carbocycles. The van der Waals surface area contributed by atoms with Crippen LogP contribution in [0.1, 0.15) is 61.9 Å². The van der Waals surface area contributed by atoms with Crippen molar-refractivity contribution in [3.8, 4) is 0 Å². The molecule has 1 N–H and O–H groups in total. The monoisotopic (exact) mass is 404 g/mol. The molecule has 29 heavy (non-hydrogen) atoms. The van der Waals surface area contributed by atoms with Gasteiger partial charge in [-0.15, -0.1) is 0 Å². The Balaban J connectivity index is 1.33. The number of hydrogen-bond donors (Lipinski definition) is 1. The van der Waals surface area contributed by atoms with Crippen LogP contribution in [0.25, 0.3) is 0 Å². The Morgan fingerprint density at radius 2 is 1.69 bits per heavy atom. The molecule has 1 aliphatic carbocycles. The van der Waals surface area contributed by atoms with Crippen molar-refractivity contribution in [3.05, 3.63) is 18.0 Å². The van der Waals surface area contributed by atoms with Crippen LogP contribution >= 0.6 is 0 Å². The summed E-state index contributed by atoms with van der Waals surface area (Å²) in [6.07, 6.45) is 6.09. The van der Waals surface area contributed by atoms with Crippen LogP contribution in [0.3, 0.4) is 0 Å². The molecule has 2 saturated heterocycles. The minimum Gasteiger partial charge on any atom is -0.380 e. The minimum absolute atomic E-state index is 0.0983. The Morgan fingerprint density at radius 3 is 2.34 bits per heavy atom. The number of aliphatic hydroxyl groups is 1. The zero-order valence-corrected chi connectivity index (χ0v) is 17.3. The second-order valence-corrected chi connectivity index (χ2v) is 8.85. The van der Waals surface area contributed by atoms with E-state index in [1.165, 1.54) is 4.68 Å². The molecule has 3 heterocycles. The lowest BCUT2D eigenvalue weighted by Crippen LogP contribution is -2.50. The molecule has 3 fully saturated rings. The summed E-state index contributed by atoms with van der Waals surface area (Å²) in [7, 11) is 0. The summed E-state index contributed by atoms with van der Waals surface area (Å²) in [6.45, 7) is 6.09. The first-order valence-corrected chi connectivity index (χ1v) is 10.9. The molecule has 4 rings (SSSR count). The van der Waals surface area contributed by atoms with Crippen molar-refractivity contribution in [1.82, 2.24) is 19.6 Å². The van der Waals surface area contributed by atoms with Gasteiger partial charge in [0.05, 0.1) is 18.9 Å². The fourth-order valence-electron chi connectivity index (χ4n) is 4.66. The molecule has 8 nitrogen and oxygen atoms in total. The smallest absolute Gasteiger partial charge is 0.320 e. The van der Waals surface area contributed by atoms with Gasteiger partial charge in [-0.3, -0.25) is 4.79 Å². The molecule has 2 aliphatic heterocycles. The van der Waals surface area contributed by atoms with Gasteiger partial charge in [0, 0.05) is 38.3 Å². The van der Waals surface area contributed by atoms with E-state index in [0.29, 0.717) is 58.2 Å². The quantitative estimate of drug-likeness (QED) is 0.816. The Labute approximate surface area is 171 Å². The molecular weight excluding hydrogens is 372 g/mol. The summed E-state index contributed by atoms with van der Waals surface area (Å²) in [5.74, 6) is 0.482. The maximum atomic E-state index is 12.8. The van der Waals surface area contributed by atoms with Crippen molar-refractivity contribution in [2.75, 3.05) is 39.4 Å². The number of ether oxygens (including phenoxy) is 1. The highest BCUT2D eigenvalue weighted by Gasteiger charge is 2.40. The Kier molecular flexibility index (Phi) is 5.92. The van der Waals surface area contributed by atoms with E-state index < -0.39 is 5.60 Å². The molecule has 3 aliphatic rings. The molecule has 1 aromatic heterocycles. The number of nitrogens with zero attached hydrogens (tertiary/aromatic N) is 4. The van der Waals surface area contributed by atoms with Crippen LogP contribution in [0.15, 0.2) is 12.3 Å². The van der Waals surface area contributed by atoms with Crippen LogP contribution in [-0.2, 0) is 4.74 Å². The number of urea groups is 1. The van der Waals surface area contributed by atoms with Crippen molar-refractivity contribution < 1.29 is 19.4 Å². The highest BCUT2D eigenvalue weighted by molar-refractivity contribution is 5.86. The molecule has 2 amide bonds. The number of morpholine rings is 1. The minimum atomic E-state index is -1.29. The third-order valence-corrected chi connectivity index (χ3v) is 6.78. The third kappa shape index (κ3) is 4.33. The van der Waals surface area contributed by atoms with Crippen LogP contribution in [0, 0.1) is 5.92 Å². The van der Waals surface area contributed by atoms with Gasteiger partial charge in [-0.05, 0) is 50.5 Å². The highest BCUT2D eigenvalue weighted by Crippen LogP contribution is 2.33. The van der Waals surface area contributed by atoms with Gasteiger partial charge in [0.2, 0.25) is 0 Å². The van der Waals surface area contributed by atoms with Gasteiger partial charge >= 0.3 is 6.03 Å². The summed E-state index contributed by atoms with van der Waals surface area (Å²) in [5.41, 5.74) is -0.409. The molecule has 0 spiro atoms. The predicted octanol–water partition coefficient (Wildman–Crippen LogP) is 2.10. The van der Waals surface area contributed by atoms with E-state index in [-0.39, 0.29) is 17.9 Å². The predicted molar refractivity (Wildman–Crippen MR) is 107 cm³/mol. The fraction of sp³-hybridized carbons (Fsp3) is 0.762. The first-order valence-electron chi connectivity index (χ1n) is 10.9. The first kappa shape index (κ1) is 20.3. The summed E-state index contributed by atoms with van der Waals surface area (Å²) in [6, 6.07) is 1.98. The molecule has 0 radical (unpaired) electrons. The summed E-state index contributed by atoms with van der Waals surface area (Å²) in [5, 5.41) is 15.3. The highest BCUT2D eigenvalue weighted by atomic mass is 16.5. The number of carbonyl (C=O) groups is 2. The van der Waals surface area contributed by atoms with E-state index in [0.717, 1.165) is 31.4 Å². The molecule has 0 atom stereocenters. The SMILES string of the molecule is CC1CCC(O)(C(=O)n2ccc(C3CCN(C(=O)N4CCOCC4)CC3)n2)CC1. The van der Waals surface area contributed by atoms with Crippen LogP contribution in [0.2, 0.25) is 0 Å². The molecule has 8 heteroatoms. The molecule has 160 valence electrons. The largest absolute Gasteiger partial charge is 0.380 e. The molecule has 0 unspecified atom stereocenters. The van der Waals surface area contributed by atoms with Crippen molar-refractivity contribution in [3.63, 3.8) is 0 Å². The van der Waals surface area contributed by atoms with E-state index in [9.17, 15) is 14.7 Å². The number of carbonyl (C=O) groups excluding carboxylic acids is 2. The normalized spacial score (nSPS) is 29.1. The van der Waals surface area contributed by atoms with E-state index in [2.05, 4.69) is 12.0 Å². The number of hydrogen-bond acceptors (Lipinski definition) is 5. The number of aromatic nitrogens is 2. The van der Waals surface area contributed by atoms with Gasteiger partial charge in [0.25, 0.3) is 5.91 Å². The summed E-state index contributed by atoms with van der Waals surface area (Å²) < 4.78 is 6.65. The summed E-state index contributed by atoms with van der Waals surface area (Å²) >= 11 is 0. The van der Waals surface area contributed by atoms with Crippen molar-refractivity contribution >= 4 is 11.9 Å². The third-order valence-electron chi connectivity index (χ3n) is 6.78. The maximum Gasteiger partial charge on any atom is 0.320 e. The van der Waals surface area contributed by atoms with Gasteiger partial charge < -0.3 is 19.6 Å². The molecule has 0 bridgehead atoms. The standard InChI is InChI=1S/C21H32N4O4/c1-16-2-7-21(28,8-3-16)19(26)25-11-6-18(22-25)17-4-9-23(10-5-17)20(27)24-12-14-29-15-13-24/h6,11,16-17,28H,2-5,7-10,12-15H2,1H3. The Morgan fingerprint density at radius 1 is 1.07 bits per heavy atom. The van der Waals surface area contributed by atoms with Crippen LogP contribution in [0.4, 0.5) is 4.79 Å². The zero-order valence-electron chi connectivity index (χ0n) is 17.3. The van der Waals surface area contributed by atoms with Gasteiger partial charge in [0.1, 0.15) is 5.60 Å². The van der Waals surface area contributed by atoms with E-state index >= 15 is 0 Å². The lowest BCUT2D eigenvalue weighted by molar-refractivity contribution is -0.00510. The van der Waals surface area contributed by atoms with Crippen LogP contribution in [0.5, 0.6) is 0 Å². The Hall–Kier alpha value is -1.93. The Bertz CT molecular complexity index is 727. The molecule has 1 aromatic rings. The second kappa shape index (κ2) is 8.44. The van der Waals surface area contributed by atoms with E-state index in [1.807, 2.05) is 15.9 Å². The lowest BCUT2D eigenvalue weighted by atomic mass is 9.79. The van der Waals surface area contributed by atoms with Gasteiger partial charge in [-0.1, -0.05) is 6.92 Å². The van der Waals surface area contributed by atoms with Crippen molar-refractivity contribution in [2.24, 2.45) is 5.92 Å². The number of piperidine rings is 1. The number of likely N-dealkylation sites (tertiary alicyclic amines) is 1. The van der Waals surface area contributed by atoms with Crippen molar-refractivity contribution in [2.45, 2.75) is 57.0 Å². The lowest BCUT2D eigenvalue weighted by Gasteiger charge is -2.36. The van der Waals surface area contributed by atoms with E-state index in [1.54, 1.807) is 6.20 Å². The zero-order chi connectivity index (χ0) is 20.4. The van der Waals surface area contributed by atoms with Gasteiger partial charge in [-0.25, -0.2) is 9.48 Å². The average Bonchev–Trinajstić information content (AvgIpc) is 3.26. The fourth-order valence-corrected chi connectivity index (χ4v) is 4.66. The first-order chi connectivity index (χ1) is 14.0. The van der Waals surface area contributed by atoms with Crippen molar-refractivity contribution in [1.29, 1.82) is 0 Å². The van der Waals surface area contributed by atoms with Gasteiger partial charge in [0.15, 0.2) is 0 Å². The van der Waals surface area contributed by atoms with Crippen LogP contribution < -0.4 is 0 Å². The number of rotatable bonds is 2. The topological polar surface area (TPSA) is 87.9 Å². The maximum absolute atomic E-state index is 12.8. The molecule has 1 saturated carbocycles.